The Balaban J connectivity index is 2.50. The zero-order valence-corrected chi connectivity index (χ0v) is 11.0. The third-order valence-corrected chi connectivity index (χ3v) is 2.93. The minimum absolute atomic E-state index is 0.379. The Kier molecular flexibility index (Phi) is 3.60. The van der Waals surface area contributed by atoms with Gasteiger partial charge in [-0.2, -0.15) is 0 Å². The van der Waals surface area contributed by atoms with Crippen molar-refractivity contribution in [1.82, 2.24) is 4.98 Å². The average molecular weight is 259 g/mol. The number of esters is 1. The summed E-state index contributed by atoms with van der Waals surface area (Å²) < 4.78 is 18.4. The lowest BCUT2D eigenvalue weighted by molar-refractivity contribution is 0.0600. The van der Waals surface area contributed by atoms with Gasteiger partial charge in [-0.25, -0.2) is 9.18 Å². The predicted octanol–water partition coefficient (Wildman–Crippen LogP) is 3.29. The van der Waals surface area contributed by atoms with Gasteiger partial charge in [-0.05, 0) is 37.1 Å². The quantitative estimate of drug-likeness (QED) is 0.777. The molecule has 0 N–H and O–H groups in total. The molecule has 0 unspecified atom stereocenters. The van der Waals surface area contributed by atoms with Crippen molar-refractivity contribution >= 4 is 5.97 Å². The van der Waals surface area contributed by atoms with Gasteiger partial charge >= 0.3 is 5.97 Å². The number of ether oxygens (including phenoxy) is 1. The van der Waals surface area contributed by atoms with E-state index in [0.29, 0.717) is 16.7 Å². The number of rotatable bonds is 2. The van der Waals surface area contributed by atoms with Crippen molar-refractivity contribution in [1.29, 1.82) is 0 Å². The van der Waals surface area contributed by atoms with Crippen LogP contribution in [0.4, 0.5) is 4.39 Å². The molecule has 19 heavy (non-hydrogen) atoms. The Morgan fingerprint density at radius 3 is 2.63 bits per heavy atom. The first-order chi connectivity index (χ1) is 9.02. The molecule has 1 aromatic carbocycles. The SMILES string of the molecule is COC(=O)c1ccc(-c2cc(C)ncc2F)cc1C. The summed E-state index contributed by atoms with van der Waals surface area (Å²) in [6, 6.07) is 6.80. The number of halogens is 1. The maximum atomic E-state index is 13.8. The third-order valence-electron chi connectivity index (χ3n) is 2.93. The van der Waals surface area contributed by atoms with Crippen molar-refractivity contribution < 1.29 is 13.9 Å². The van der Waals surface area contributed by atoms with Gasteiger partial charge in [-0.3, -0.25) is 4.98 Å². The van der Waals surface area contributed by atoms with E-state index in [1.54, 1.807) is 38.1 Å². The van der Waals surface area contributed by atoms with E-state index < -0.39 is 5.97 Å². The van der Waals surface area contributed by atoms with Gasteiger partial charge in [0.1, 0.15) is 5.82 Å². The lowest BCUT2D eigenvalue weighted by Crippen LogP contribution is -2.03. The number of carbonyl (C=O) groups is 1. The van der Waals surface area contributed by atoms with E-state index in [9.17, 15) is 9.18 Å². The summed E-state index contributed by atoms with van der Waals surface area (Å²) >= 11 is 0. The molecule has 0 spiro atoms. The number of hydrogen-bond donors (Lipinski definition) is 0. The summed E-state index contributed by atoms with van der Waals surface area (Å²) in [5.41, 5.74) is 3.17. The van der Waals surface area contributed by atoms with Crippen LogP contribution < -0.4 is 0 Å². The summed E-state index contributed by atoms with van der Waals surface area (Å²) in [6.07, 6.45) is 1.20. The van der Waals surface area contributed by atoms with Gasteiger partial charge in [0.25, 0.3) is 0 Å². The largest absolute Gasteiger partial charge is 0.465 e. The normalized spacial score (nSPS) is 10.3. The second kappa shape index (κ2) is 5.18. The van der Waals surface area contributed by atoms with Crippen molar-refractivity contribution in [2.24, 2.45) is 0 Å². The monoisotopic (exact) mass is 259 g/mol. The van der Waals surface area contributed by atoms with Crippen LogP contribution in [0.1, 0.15) is 21.6 Å². The second-order valence-electron chi connectivity index (χ2n) is 4.33. The van der Waals surface area contributed by atoms with Crippen LogP contribution in [-0.4, -0.2) is 18.1 Å². The molecule has 0 saturated heterocycles. The number of methoxy groups -OCH3 is 1. The Morgan fingerprint density at radius 1 is 1.26 bits per heavy atom. The van der Waals surface area contributed by atoms with Crippen molar-refractivity contribution in [3.05, 3.63) is 53.1 Å². The topological polar surface area (TPSA) is 39.2 Å². The summed E-state index contributed by atoms with van der Waals surface area (Å²) in [7, 11) is 1.33. The molecule has 0 aliphatic rings. The minimum Gasteiger partial charge on any atom is -0.465 e. The Hall–Kier alpha value is -2.23. The molecule has 1 heterocycles. The molecule has 2 rings (SSSR count). The highest BCUT2D eigenvalue weighted by atomic mass is 19.1. The van der Waals surface area contributed by atoms with Crippen molar-refractivity contribution in [3.8, 4) is 11.1 Å². The standard InChI is InChI=1S/C15H14FNO2/c1-9-6-11(4-5-12(9)15(18)19-3)13-7-10(2)17-8-14(13)16/h4-8H,1-3H3. The van der Waals surface area contributed by atoms with Crippen molar-refractivity contribution in [2.75, 3.05) is 7.11 Å². The molecule has 0 amide bonds. The number of benzene rings is 1. The highest BCUT2D eigenvalue weighted by Crippen LogP contribution is 2.25. The highest BCUT2D eigenvalue weighted by molar-refractivity contribution is 5.91. The first-order valence-electron chi connectivity index (χ1n) is 5.84. The van der Waals surface area contributed by atoms with Gasteiger partial charge in [0, 0.05) is 11.3 Å². The van der Waals surface area contributed by atoms with Crippen LogP contribution in [0.5, 0.6) is 0 Å². The molecule has 98 valence electrons. The Morgan fingerprint density at radius 2 is 2.00 bits per heavy atom. The molecule has 3 nitrogen and oxygen atoms in total. The maximum Gasteiger partial charge on any atom is 0.338 e. The second-order valence-corrected chi connectivity index (χ2v) is 4.33. The van der Waals surface area contributed by atoms with E-state index in [4.69, 9.17) is 0 Å². The molecule has 0 aliphatic heterocycles. The fourth-order valence-electron chi connectivity index (χ4n) is 1.93. The van der Waals surface area contributed by atoms with E-state index in [1.165, 1.54) is 13.3 Å². The number of carbonyl (C=O) groups excluding carboxylic acids is 1. The van der Waals surface area contributed by atoms with Crippen LogP contribution in [0.25, 0.3) is 11.1 Å². The van der Waals surface area contributed by atoms with E-state index in [1.807, 2.05) is 0 Å². The van der Waals surface area contributed by atoms with E-state index in [0.717, 1.165) is 11.3 Å². The molecule has 0 fully saturated rings. The lowest BCUT2D eigenvalue weighted by atomic mass is 10.00. The van der Waals surface area contributed by atoms with Crippen LogP contribution in [-0.2, 0) is 4.74 Å². The fraction of sp³-hybridized carbons (Fsp3) is 0.200. The van der Waals surface area contributed by atoms with Crippen molar-refractivity contribution in [2.45, 2.75) is 13.8 Å². The molecular formula is C15H14FNO2. The third kappa shape index (κ3) is 2.62. The number of pyridine rings is 1. The summed E-state index contributed by atoms with van der Waals surface area (Å²) in [6.45, 7) is 3.60. The summed E-state index contributed by atoms with van der Waals surface area (Å²) in [5, 5.41) is 0. The molecule has 4 heteroatoms. The molecule has 1 aromatic heterocycles. The number of aryl methyl sites for hydroxylation is 2. The van der Waals surface area contributed by atoms with Crippen LogP contribution in [0, 0.1) is 19.7 Å². The molecule has 0 atom stereocenters. The zero-order chi connectivity index (χ0) is 14.0. The number of hydrogen-bond acceptors (Lipinski definition) is 3. The summed E-state index contributed by atoms with van der Waals surface area (Å²) in [4.78, 5) is 15.4. The van der Waals surface area contributed by atoms with E-state index in [2.05, 4.69) is 9.72 Å². The van der Waals surface area contributed by atoms with Gasteiger partial charge in [0.15, 0.2) is 0 Å². The van der Waals surface area contributed by atoms with Crippen molar-refractivity contribution in [3.63, 3.8) is 0 Å². The Bertz CT molecular complexity index is 638. The first-order valence-corrected chi connectivity index (χ1v) is 5.84. The van der Waals surface area contributed by atoms with E-state index in [-0.39, 0.29) is 5.82 Å². The van der Waals surface area contributed by atoms with Gasteiger partial charge in [-0.1, -0.05) is 12.1 Å². The molecule has 2 aromatic rings. The van der Waals surface area contributed by atoms with Gasteiger partial charge in [0.05, 0.1) is 18.9 Å². The molecule has 0 aliphatic carbocycles. The van der Waals surface area contributed by atoms with E-state index >= 15 is 0 Å². The molecule has 0 saturated carbocycles. The minimum atomic E-state index is -0.393. The van der Waals surface area contributed by atoms with Gasteiger partial charge in [0.2, 0.25) is 0 Å². The van der Waals surface area contributed by atoms with Gasteiger partial charge in [-0.15, -0.1) is 0 Å². The summed E-state index contributed by atoms with van der Waals surface area (Å²) in [5.74, 6) is -0.772. The highest BCUT2D eigenvalue weighted by Gasteiger charge is 2.12. The smallest absolute Gasteiger partial charge is 0.338 e. The predicted molar refractivity (Wildman–Crippen MR) is 70.4 cm³/mol. The number of nitrogens with zero attached hydrogens (tertiary/aromatic N) is 1. The molecule has 0 radical (unpaired) electrons. The zero-order valence-electron chi connectivity index (χ0n) is 11.0. The molecule has 0 bridgehead atoms. The molecular weight excluding hydrogens is 245 g/mol. The van der Waals surface area contributed by atoms with Crippen LogP contribution >= 0.6 is 0 Å². The fourth-order valence-corrected chi connectivity index (χ4v) is 1.93. The first kappa shape index (κ1) is 13.2. The average Bonchev–Trinajstić information content (AvgIpc) is 2.40. The number of aromatic nitrogens is 1. The van der Waals surface area contributed by atoms with Crippen LogP contribution in [0.3, 0.4) is 0 Å². The van der Waals surface area contributed by atoms with Crippen LogP contribution in [0.15, 0.2) is 30.5 Å². The van der Waals surface area contributed by atoms with Gasteiger partial charge < -0.3 is 4.74 Å². The lowest BCUT2D eigenvalue weighted by Gasteiger charge is -2.08. The Labute approximate surface area is 111 Å². The van der Waals surface area contributed by atoms with Crippen LogP contribution in [0.2, 0.25) is 0 Å². The maximum absolute atomic E-state index is 13.8.